The lowest BCUT2D eigenvalue weighted by Gasteiger charge is -2.26. The van der Waals surface area contributed by atoms with Crippen LogP contribution in [0.1, 0.15) is 40.1 Å². The average Bonchev–Trinajstić information content (AvgIpc) is 3.16. The quantitative estimate of drug-likeness (QED) is 0.588. The highest BCUT2D eigenvalue weighted by Crippen LogP contribution is 2.32. The molecule has 7 nitrogen and oxygen atoms in total. The van der Waals surface area contributed by atoms with Gasteiger partial charge in [0.05, 0.1) is 11.1 Å². The van der Waals surface area contributed by atoms with E-state index in [-0.39, 0.29) is 23.1 Å². The monoisotopic (exact) mass is 392 g/mol. The lowest BCUT2D eigenvalue weighted by atomic mass is 10.1. The molecule has 0 aromatic heterocycles. The van der Waals surface area contributed by atoms with Gasteiger partial charge in [0.1, 0.15) is 6.54 Å². The summed E-state index contributed by atoms with van der Waals surface area (Å²) in [6.07, 6.45) is -0.302. The van der Waals surface area contributed by atoms with E-state index in [1.54, 1.807) is 29.2 Å². The normalized spacial score (nSPS) is 18.5. The number of esters is 1. The molecule has 29 heavy (non-hydrogen) atoms. The predicted molar refractivity (Wildman–Crippen MR) is 104 cm³/mol. The highest BCUT2D eigenvalue weighted by atomic mass is 16.5. The van der Waals surface area contributed by atoms with Crippen LogP contribution in [0.25, 0.3) is 0 Å². The molecule has 0 saturated heterocycles. The van der Waals surface area contributed by atoms with Crippen LogP contribution < -0.4 is 4.90 Å². The van der Waals surface area contributed by atoms with E-state index in [1.165, 1.54) is 6.92 Å². The molecule has 2 aliphatic heterocycles. The zero-order valence-corrected chi connectivity index (χ0v) is 16.1. The maximum Gasteiger partial charge on any atom is 0.326 e. The molecule has 2 heterocycles. The third-order valence-corrected chi connectivity index (χ3v) is 5.27. The van der Waals surface area contributed by atoms with Crippen molar-refractivity contribution in [3.8, 4) is 0 Å². The minimum atomic E-state index is -1.04. The van der Waals surface area contributed by atoms with Gasteiger partial charge in [-0.15, -0.1) is 0 Å². The van der Waals surface area contributed by atoms with Gasteiger partial charge in [-0.3, -0.25) is 24.1 Å². The third-order valence-electron chi connectivity index (χ3n) is 5.27. The second kappa shape index (κ2) is 7.16. The van der Waals surface area contributed by atoms with Crippen LogP contribution in [0.15, 0.2) is 48.5 Å². The van der Waals surface area contributed by atoms with Crippen LogP contribution in [0.5, 0.6) is 0 Å². The van der Waals surface area contributed by atoms with E-state index in [2.05, 4.69) is 0 Å². The topological polar surface area (TPSA) is 84.0 Å². The fourth-order valence-corrected chi connectivity index (χ4v) is 3.89. The first-order valence-electron chi connectivity index (χ1n) is 9.44. The maximum atomic E-state index is 12.9. The molecule has 2 aromatic carbocycles. The zero-order chi connectivity index (χ0) is 20.7. The van der Waals surface area contributed by atoms with Crippen LogP contribution in [0.3, 0.4) is 0 Å². The van der Waals surface area contributed by atoms with Crippen LogP contribution in [0.2, 0.25) is 0 Å². The Kier molecular flexibility index (Phi) is 4.66. The minimum absolute atomic E-state index is 0.0442. The number of carbonyl (C=O) groups is 4. The number of rotatable bonds is 4. The molecule has 3 amide bonds. The van der Waals surface area contributed by atoms with E-state index < -0.39 is 30.4 Å². The molecule has 0 N–H and O–H groups in total. The Hall–Kier alpha value is -3.48. The van der Waals surface area contributed by atoms with Gasteiger partial charge in [-0.25, -0.2) is 0 Å². The number of anilines is 1. The molecule has 0 spiro atoms. The number of hydrogen-bond donors (Lipinski definition) is 0. The number of fused-ring (bicyclic) bond motifs is 2. The van der Waals surface area contributed by atoms with Gasteiger partial charge in [0.15, 0.2) is 6.10 Å². The minimum Gasteiger partial charge on any atom is -0.451 e. The Morgan fingerprint density at radius 1 is 1.03 bits per heavy atom. The fraction of sp³-hybridized carbons (Fsp3) is 0.273. The van der Waals surface area contributed by atoms with Crippen molar-refractivity contribution in [3.63, 3.8) is 0 Å². The molecule has 0 aliphatic carbocycles. The van der Waals surface area contributed by atoms with Crippen molar-refractivity contribution in [2.75, 3.05) is 11.4 Å². The molecule has 0 saturated carbocycles. The van der Waals surface area contributed by atoms with E-state index in [1.807, 2.05) is 31.2 Å². The van der Waals surface area contributed by atoms with Crippen molar-refractivity contribution in [3.05, 3.63) is 65.2 Å². The van der Waals surface area contributed by atoms with Crippen LogP contribution in [0.4, 0.5) is 5.69 Å². The summed E-state index contributed by atoms with van der Waals surface area (Å²) in [7, 11) is 0. The molecule has 0 unspecified atom stereocenters. The summed E-state index contributed by atoms with van der Waals surface area (Å²) in [4.78, 5) is 52.5. The molecule has 7 heteroatoms. The first-order valence-corrected chi connectivity index (χ1v) is 9.44. The Morgan fingerprint density at radius 2 is 1.62 bits per heavy atom. The van der Waals surface area contributed by atoms with Crippen LogP contribution in [-0.2, 0) is 20.7 Å². The summed E-state index contributed by atoms with van der Waals surface area (Å²) in [6.45, 7) is 2.90. The van der Waals surface area contributed by atoms with Gasteiger partial charge in [0, 0.05) is 11.7 Å². The number of benzene rings is 2. The number of amides is 3. The average molecular weight is 392 g/mol. The Labute approximate surface area is 167 Å². The molecule has 0 fully saturated rings. The van der Waals surface area contributed by atoms with E-state index >= 15 is 0 Å². The summed E-state index contributed by atoms with van der Waals surface area (Å²) in [6, 6.07) is 14.0. The van der Waals surface area contributed by atoms with Gasteiger partial charge in [-0.1, -0.05) is 30.3 Å². The summed E-state index contributed by atoms with van der Waals surface area (Å²) in [5.41, 5.74) is 2.40. The van der Waals surface area contributed by atoms with Gasteiger partial charge in [0.2, 0.25) is 0 Å². The lowest BCUT2D eigenvalue weighted by molar-refractivity contribution is -0.154. The Morgan fingerprint density at radius 3 is 2.28 bits per heavy atom. The summed E-state index contributed by atoms with van der Waals surface area (Å²) >= 11 is 0. The van der Waals surface area contributed by atoms with E-state index in [4.69, 9.17) is 4.74 Å². The van der Waals surface area contributed by atoms with Gasteiger partial charge < -0.3 is 9.64 Å². The molecule has 2 aromatic rings. The van der Waals surface area contributed by atoms with Crippen molar-refractivity contribution in [2.24, 2.45) is 0 Å². The van der Waals surface area contributed by atoms with E-state index in [9.17, 15) is 19.2 Å². The molecular weight excluding hydrogens is 372 g/mol. The van der Waals surface area contributed by atoms with Gasteiger partial charge >= 0.3 is 5.97 Å². The molecular formula is C22H20N2O5. The number of carbonyl (C=O) groups excluding carboxylic acids is 4. The van der Waals surface area contributed by atoms with Gasteiger partial charge in [-0.2, -0.15) is 0 Å². The first-order chi connectivity index (χ1) is 13.9. The molecule has 0 radical (unpaired) electrons. The zero-order valence-electron chi connectivity index (χ0n) is 16.1. The summed E-state index contributed by atoms with van der Waals surface area (Å²) < 4.78 is 5.27. The summed E-state index contributed by atoms with van der Waals surface area (Å²) in [5, 5.41) is 0. The van der Waals surface area contributed by atoms with Crippen LogP contribution in [-0.4, -0.2) is 47.3 Å². The molecule has 2 atom stereocenters. The number of imide groups is 1. The highest BCUT2D eigenvalue weighted by molar-refractivity contribution is 6.22. The SMILES string of the molecule is C[C@H](OC(=O)CN1C(=O)c2ccccc2C1=O)C(=O)N1c2ccccc2C[C@H]1C. The first kappa shape index (κ1) is 18.9. The molecule has 4 rings (SSSR count). The number of ether oxygens (including phenoxy) is 1. The van der Waals surface area contributed by atoms with Crippen molar-refractivity contribution < 1.29 is 23.9 Å². The molecule has 0 bridgehead atoms. The second-order valence-electron chi connectivity index (χ2n) is 7.26. The Balaban J connectivity index is 1.42. The number of para-hydroxylation sites is 1. The van der Waals surface area contributed by atoms with Crippen LogP contribution >= 0.6 is 0 Å². The largest absolute Gasteiger partial charge is 0.451 e. The summed E-state index contributed by atoms with van der Waals surface area (Å²) in [5.74, 6) is -2.22. The molecule has 2 aliphatic rings. The van der Waals surface area contributed by atoms with Crippen LogP contribution in [0, 0.1) is 0 Å². The van der Waals surface area contributed by atoms with Crippen molar-refractivity contribution in [2.45, 2.75) is 32.4 Å². The number of nitrogens with zero attached hydrogens (tertiary/aromatic N) is 2. The Bertz CT molecular complexity index is 996. The second-order valence-corrected chi connectivity index (χ2v) is 7.26. The van der Waals surface area contributed by atoms with Gasteiger partial charge in [-0.05, 0) is 44.0 Å². The standard InChI is InChI=1S/C22H20N2O5/c1-13-11-15-7-3-6-10-18(15)24(13)20(26)14(2)29-19(25)12-23-21(27)16-8-4-5-9-17(16)22(23)28/h3-10,13-14H,11-12H2,1-2H3/t13-,14+/m1/s1. The van der Waals surface area contributed by atoms with Crippen molar-refractivity contribution in [1.82, 2.24) is 4.90 Å². The molecule has 148 valence electrons. The predicted octanol–water partition coefficient (Wildman–Crippen LogP) is 2.19. The van der Waals surface area contributed by atoms with Crippen molar-refractivity contribution in [1.29, 1.82) is 0 Å². The number of hydrogen-bond acceptors (Lipinski definition) is 5. The van der Waals surface area contributed by atoms with E-state index in [0.29, 0.717) is 0 Å². The highest BCUT2D eigenvalue weighted by Gasteiger charge is 2.38. The van der Waals surface area contributed by atoms with E-state index in [0.717, 1.165) is 22.6 Å². The maximum absolute atomic E-state index is 12.9. The van der Waals surface area contributed by atoms with Gasteiger partial charge in [0.25, 0.3) is 17.7 Å². The van der Waals surface area contributed by atoms with Crippen molar-refractivity contribution >= 4 is 29.4 Å². The third kappa shape index (κ3) is 3.18. The lowest BCUT2D eigenvalue weighted by Crippen LogP contribution is -2.44. The smallest absolute Gasteiger partial charge is 0.326 e. The fourth-order valence-electron chi connectivity index (χ4n) is 3.89.